The number of carbonyl (C=O) groups excluding carboxylic acids is 1. The minimum atomic E-state index is -4.44. The number of anilines is 1. The number of para-hydroxylation sites is 1. The number of ether oxygens (including phenoxy) is 1. The Morgan fingerprint density at radius 1 is 1.22 bits per heavy atom. The van der Waals surface area contributed by atoms with E-state index in [9.17, 15) is 23.1 Å². The smallest absolute Gasteiger partial charge is 0.267 e. The standard InChI is InChI=1S/C26H31N3O6S/c1-16(2)12-22(30)26(32)29(15-19-13-18-7-5-6-17(3)24(18)27-25(19)31)36(33,34)20-8-9-21-23(14-20)35-11-10-28(21)4/h5-9,13-14,16,22,30H,10-12,15H2,1-4H3,(H,27,31). The Labute approximate surface area is 210 Å². The Bertz CT molecular complexity index is 1460. The summed E-state index contributed by atoms with van der Waals surface area (Å²) in [4.78, 5) is 30.8. The minimum absolute atomic E-state index is 0.0479. The molecule has 0 saturated carbocycles. The average Bonchev–Trinajstić information content (AvgIpc) is 2.82. The Morgan fingerprint density at radius 3 is 2.69 bits per heavy atom. The largest absolute Gasteiger partial charge is 0.490 e. The molecule has 0 saturated heterocycles. The molecule has 10 heteroatoms. The molecule has 4 rings (SSSR count). The van der Waals surface area contributed by atoms with Crippen LogP contribution in [0.5, 0.6) is 5.75 Å². The normalized spacial score (nSPS) is 14.4. The van der Waals surface area contributed by atoms with Crippen LogP contribution in [0.4, 0.5) is 5.69 Å². The number of H-pyrrole nitrogens is 1. The lowest BCUT2D eigenvalue weighted by molar-refractivity contribution is -0.136. The summed E-state index contributed by atoms with van der Waals surface area (Å²) in [7, 11) is -2.56. The highest BCUT2D eigenvalue weighted by Gasteiger charge is 2.35. The van der Waals surface area contributed by atoms with E-state index in [0.29, 0.717) is 34.1 Å². The second-order valence-corrected chi connectivity index (χ2v) is 11.4. The molecule has 2 N–H and O–H groups in total. The lowest BCUT2D eigenvalue weighted by Crippen LogP contribution is -2.44. The number of nitrogens with zero attached hydrogens (tertiary/aromatic N) is 2. The van der Waals surface area contributed by atoms with E-state index in [4.69, 9.17) is 4.74 Å². The number of rotatable bonds is 7. The van der Waals surface area contributed by atoms with Gasteiger partial charge in [0, 0.05) is 18.7 Å². The number of sulfonamides is 1. The van der Waals surface area contributed by atoms with Crippen molar-refractivity contribution in [2.45, 2.75) is 44.7 Å². The van der Waals surface area contributed by atoms with Crippen molar-refractivity contribution < 1.29 is 23.1 Å². The number of carbonyl (C=O) groups is 1. The van der Waals surface area contributed by atoms with Gasteiger partial charge in [-0.05, 0) is 48.4 Å². The number of likely N-dealkylation sites (N-methyl/N-ethyl adjacent to an activating group) is 1. The van der Waals surface area contributed by atoms with Gasteiger partial charge in [-0.3, -0.25) is 9.59 Å². The number of aliphatic hydroxyl groups is 1. The highest BCUT2D eigenvalue weighted by molar-refractivity contribution is 7.89. The molecule has 1 unspecified atom stereocenters. The number of benzene rings is 2. The SMILES string of the molecule is Cc1cccc2cc(CN(C(=O)C(O)CC(C)C)S(=O)(=O)c3ccc4c(c3)OCCN4C)c(=O)[nH]c12. The Balaban J connectivity index is 1.79. The zero-order valence-corrected chi connectivity index (χ0v) is 21.6. The number of fused-ring (bicyclic) bond motifs is 2. The van der Waals surface area contributed by atoms with E-state index in [1.807, 2.05) is 44.9 Å². The molecule has 1 aliphatic rings. The third-order valence-electron chi connectivity index (χ3n) is 6.32. The summed E-state index contributed by atoms with van der Waals surface area (Å²) in [6.07, 6.45) is -1.46. The van der Waals surface area contributed by atoms with Crippen LogP contribution >= 0.6 is 0 Å². The van der Waals surface area contributed by atoms with E-state index in [-0.39, 0.29) is 22.8 Å². The number of amides is 1. The van der Waals surface area contributed by atoms with Crippen LogP contribution in [-0.2, 0) is 21.4 Å². The van der Waals surface area contributed by atoms with Crippen LogP contribution in [0.2, 0.25) is 0 Å². The molecule has 0 spiro atoms. The number of nitrogens with one attached hydrogen (secondary N) is 1. The topological polar surface area (TPSA) is 120 Å². The summed E-state index contributed by atoms with van der Waals surface area (Å²) in [6, 6.07) is 11.5. The fourth-order valence-corrected chi connectivity index (χ4v) is 5.74. The minimum Gasteiger partial charge on any atom is -0.490 e. The van der Waals surface area contributed by atoms with Crippen LogP contribution in [0.25, 0.3) is 10.9 Å². The molecule has 2 aromatic carbocycles. The zero-order valence-electron chi connectivity index (χ0n) is 20.8. The molecule has 1 aromatic heterocycles. The van der Waals surface area contributed by atoms with Crippen molar-refractivity contribution in [1.29, 1.82) is 0 Å². The fourth-order valence-electron chi connectivity index (χ4n) is 4.32. The van der Waals surface area contributed by atoms with Gasteiger partial charge < -0.3 is 19.7 Å². The van der Waals surface area contributed by atoms with Crippen LogP contribution in [0.1, 0.15) is 31.4 Å². The fraction of sp³-hybridized carbons (Fsp3) is 0.385. The van der Waals surface area contributed by atoms with Crippen LogP contribution in [-0.4, -0.2) is 55.0 Å². The first kappa shape index (κ1) is 25.7. The predicted octanol–water partition coefficient (Wildman–Crippen LogP) is 2.79. The quantitative estimate of drug-likeness (QED) is 0.498. The highest BCUT2D eigenvalue weighted by atomic mass is 32.2. The Kier molecular flexibility index (Phi) is 7.10. The van der Waals surface area contributed by atoms with E-state index < -0.39 is 34.1 Å². The average molecular weight is 514 g/mol. The summed E-state index contributed by atoms with van der Waals surface area (Å²) in [5, 5.41) is 11.3. The van der Waals surface area contributed by atoms with Crippen LogP contribution in [0, 0.1) is 12.8 Å². The molecular formula is C26H31N3O6S. The van der Waals surface area contributed by atoms with Gasteiger partial charge in [0.2, 0.25) is 0 Å². The number of pyridine rings is 1. The van der Waals surface area contributed by atoms with Gasteiger partial charge in [-0.25, -0.2) is 12.7 Å². The van der Waals surface area contributed by atoms with E-state index in [2.05, 4.69) is 4.98 Å². The van der Waals surface area contributed by atoms with Gasteiger partial charge in [-0.1, -0.05) is 32.0 Å². The number of aryl methyl sites for hydroxylation is 1. The Morgan fingerprint density at radius 2 is 1.97 bits per heavy atom. The van der Waals surface area contributed by atoms with Gasteiger partial charge >= 0.3 is 0 Å². The number of hydrogen-bond donors (Lipinski definition) is 2. The number of aromatic amines is 1. The third kappa shape index (κ3) is 4.96. The second-order valence-electron chi connectivity index (χ2n) is 9.56. The van der Waals surface area contributed by atoms with Crippen molar-refractivity contribution in [3.63, 3.8) is 0 Å². The number of hydrogen-bond acceptors (Lipinski definition) is 7. The van der Waals surface area contributed by atoms with Gasteiger partial charge in [0.15, 0.2) is 0 Å². The molecule has 1 amide bonds. The second kappa shape index (κ2) is 9.94. The molecular weight excluding hydrogens is 482 g/mol. The first-order valence-electron chi connectivity index (χ1n) is 11.8. The van der Waals surface area contributed by atoms with Gasteiger partial charge in [0.05, 0.1) is 29.2 Å². The number of aromatic nitrogens is 1. The lowest BCUT2D eigenvalue weighted by atomic mass is 10.1. The maximum absolute atomic E-state index is 13.8. The highest BCUT2D eigenvalue weighted by Crippen LogP contribution is 2.34. The number of aliphatic hydroxyl groups excluding tert-OH is 1. The molecule has 0 radical (unpaired) electrons. The molecule has 0 aliphatic carbocycles. The summed E-state index contributed by atoms with van der Waals surface area (Å²) in [6.45, 7) is 6.04. The molecule has 9 nitrogen and oxygen atoms in total. The molecule has 1 atom stereocenters. The first-order chi connectivity index (χ1) is 17.0. The van der Waals surface area contributed by atoms with Crippen molar-refractivity contribution >= 4 is 32.5 Å². The zero-order chi connectivity index (χ0) is 26.2. The predicted molar refractivity (Wildman–Crippen MR) is 138 cm³/mol. The van der Waals surface area contributed by atoms with Crippen molar-refractivity contribution in [1.82, 2.24) is 9.29 Å². The molecule has 0 fully saturated rings. The maximum atomic E-state index is 13.8. The van der Waals surface area contributed by atoms with E-state index >= 15 is 0 Å². The van der Waals surface area contributed by atoms with Crippen molar-refractivity contribution in [2.24, 2.45) is 5.92 Å². The molecule has 0 bridgehead atoms. The van der Waals surface area contributed by atoms with Gasteiger partial charge in [-0.15, -0.1) is 0 Å². The Hall–Kier alpha value is -3.37. The van der Waals surface area contributed by atoms with E-state index in [0.717, 1.165) is 11.3 Å². The summed E-state index contributed by atoms with van der Waals surface area (Å²) in [5.74, 6) is -0.643. The van der Waals surface area contributed by atoms with Crippen LogP contribution in [0.15, 0.2) is 52.2 Å². The summed E-state index contributed by atoms with van der Waals surface area (Å²) in [5.41, 5.74) is 1.83. The molecule has 2 heterocycles. The van der Waals surface area contributed by atoms with Crippen LogP contribution < -0.4 is 15.2 Å². The van der Waals surface area contributed by atoms with E-state index in [1.54, 1.807) is 18.2 Å². The molecule has 192 valence electrons. The first-order valence-corrected chi connectivity index (χ1v) is 13.3. The summed E-state index contributed by atoms with van der Waals surface area (Å²) < 4.78 is 33.8. The summed E-state index contributed by atoms with van der Waals surface area (Å²) >= 11 is 0. The van der Waals surface area contributed by atoms with Crippen LogP contribution in [0.3, 0.4) is 0 Å². The molecule has 1 aliphatic heterocycles. The van der Waals surface area contributed by atoms with Crippen molar-refractivity contribution in [3.8, 4) is 5.75 Å². The van der Waals surface area contributed by atoms with E-state index in [1.165, 1.54) is 12.1 Å². The molecule has 36 heavy (non-hydrogen) atoms. The third-order valence-corrected chi connectivity index (χ3v) is 8.06. The van der Waals surface area contributed by atoms with Crippen molar-refractivity contribution in [2.75, 3.05) is 25.1 Å². The van der Waals surface area contributed by atoms with Gasteiger partial charge in [0.25, 0.3) is 21.5 Å². The van der Waals surface area contributed by atoms with Crippen molar-refractivity contribution in [3.05, 3.63) is 63.9 Å². The maximum Gasteiger partial charge on any atom is 0.267 e. The lowest BCUT2D eigenvalue weighted by Gasteiger charge is -2.29. The van der Waals surface area contributed by atoms with Gasteiger partial charge in [0.1, 0.15) is 18.5 Å². The molecule has 3 aromatic rings. The monoisotopic (exact) mass is 513 g/mol. The van der Waals surface area contributed by atoms with Gasteiger partial charge in [-0.2, -0.15) is 0 Å².